The molecule has 2 heterocycles. The molecule has 138 valence electrons. The Hall–Kier alpha value is -2.06. The van der Waals surface area contributed by atoms with Gasteiger partial charge in [0.2, 0.25) is 0 Å². The van der Waals surface area contributed by atoms with E-state index in [0.29, 0.717) is 11.3 Å². The van der Waals surface area contributed by atoms with Crippen LogP contribution in [0.5, 0.6) is 0 Å². The summed E-state index contributed by atoms with van der Waals surface area (Å²) < 4.78 is 54.0. The Bertz CT molecular complexity index is 833. The van der Waals surface area contributed by atoms with E-state index in [1.54, 1.807) is 10.8 Å². The van der Waals surface area contributed by atoms with Crippen molar-refractivity contribution in [2.45, 2.75) is 45.4 Å². The normalized spacial score (nSPS) is 19.2. The SMILES string of the molecule is CC1(C)OB(C(F)=Cc2cn(Cc3ccc(F)cc3F)cn2)OC1(C)C. The van der Waals surface area contributed by atoms with E-state index < -0.39 is 35.7 Å². The molecule has 0 N–H and O–H groups in total. The van der Waals surface area contributed by atoms with E-state index in [1.807, 2.05) is 27.7 Å². The third kappa shape index (κ3) is 3.71. The summed E-state index contributed by atoms with van der Waals surface area (Å²) in [6.45, 7) is 7.52. The van der Waals surface area contributed by atoms with Crippen LogP contribution in [-0.2, 0) is 15.9 Å². The first-order valence-corrected chi connectivity index (χ1v) is 8.26. The molecule has 0 aliphatic carbocycles. The number of benzene rings is 1. The lowest BCUT2D eigenvalue weighted by atomic mass is 9.87. The molecule has 1 aliphatic rings. The van der Waals surface area contributed by atoms with Crippen LogP contribution in [0.25, 0.3) is 6.08 Å². The number of aromatic nitrogens is 2. The number of hydrogen-bond acceptors (Lipinski definition) is 3. The van der Waals surface area contributed by atoms with Gasteiger partial charge in [-0.2, -0.15) is 0 Å². The Kier molecular flexibility index (Phi) is 4.75. The third-order valence-corrected chi connectivity index (χ3v) is 4.79. The van der Waals surface area contributed by atoms with E-state index in [-0.39, 0.29) is 6.54 Å². The van der Waals surface area contributed by atoms with Crippen LogP contribution in [0.2, 0.25) is 0 Å². The zero-order valence-electron chi connectivity index (χ0n) is 15.1. The number of imidazole rings is 1. The van der Waals surface area contributed by atoms with Crippen molar-refractivity contribution in [1.82, 2.24) is 9.55 Å². The van der Waals surface area contributed by atoms with E-state index in [1.165, 1.54) is 24.5 Å². The van der Waals surface area contributed by atoms with Gasteiger partial charge in [0.05, 0.1) is 29.8 Å². The summed E-state index contributed by atoms with van der Waals surface area (Å²) in [6.07, 6.45) is 4.24. The molecule has 8 heteroatoms. The fourth-order valence-electron chi connectivity index (χ4n) is 2.55. The summed E-state index contributed by atoms with van der Waals surface area (Å²) in [7, 11) is -1.10. The predicted molar refractivity (Wildman–Crippen MR) is 92.9 cm³/mol. The minimum atomic E-state index is -1.10. The van der Waals surface area contributed by atoms with E-state index in [4.69, 9.17) is 9.31 Å². The van der Waals surface area contributed by atoms with Crippen molar-refractivity contribution >= 4 is 13.2 Å². The second kappa shape index (κ2) is 6.59. The van der Waals surface area contributed by atoms with Crippen molar-refractivity contribution in [3.8, 4) is 0 Å². The molecule has 0 amide bonds. The minimum Gasteiger partial charge on any atom is -0.398 e. The second-order valence-electron chi connectivity index (χ2n) is 7.32. The van der Waals surface area contributed by atoms with Gasteiger partial charge in [-0.25, -0.2) is 18.2 Å². The van der Waals surface area contributed by atoms with E-state index in [2.05, 4.69) is 4.98 Å². The fourth-order valence-corrected chi connectivity index (χ4v) is 2.55. The quantitative estimate of drug-likeness (QED) is 0.765. The van der Waals surface area contributed by atoms with Crippen LogP contribution in [0, 0.1) is 11.6 Å². The molecule has 1 saturated heterocycles. The summed E-state index contributed by atoms with van der Waals surface area (Å²) >= 11 is 0. The summed E-state index contributed by atoms with van der Waals surface area (Å²) in [6, 6.07) is 3.38. The highest BCUT2D eigenvalue weighted by Crippen LogP contribution is 2.39. The summed E-state index contributed by atoms with van der Waals surface area (Å²) in [5.74, 6) is -1.27. The van der Waals surface area contributed by atoms with Crippen molar-refractivity contribution in [1.29, 1.82) is 0 Å². The molecule has 1 aromatic heterocycles. The predicted octanol–water partition coefficient (Wildman–Crippen LogP) is 4.15. The van der Waals surface area contributed by atoms with E-state index >= 15 is 0 Å². The maximum atomic E-state index is 14.5. The highest BCUT2D eigenvalue weighted by Gasteiger charge is 2.53. The van der Waals surface area contributed by atoms with Crippen molar-refractivity contribution in [2.75, 3.05) is 0 Å². The lowest BCUT2D eigenvalue weighted by Gasteiger charge is -2.32. The molecule has 0 radical (unpaired) electrons. The van der Waals surface area contributed by atoms with Crippen LogP contribution < -0.4 is 0 Å². The molecule has 1 aliphatic heterocycles. The number of nitrogens with zero attached hydrogens (tertiary/aromatic N) is 2. The Morgan fingerprint density at radius 2 is 1.85 bits per heavy atom. The van der Waals surface area contributed by atoms with Gasteiger partial charge >= 0.3 is 7.12 Å². The maximum Gasteiger partial charge on any atom is 0.525 e. The van der Waals surface area contributed by atoms with Gasteiger partial charge in [0.25, 0.3) is 0 Å². The number of rotatable bonds is 4. The van der Waals surface area contributed by atoms with Gasteiger partial charge in [0.1, 0.15) is 17.4 Å². The second-order valence-corrected chi connectivity index (χ2v) is 7.32. The molecule has 0 atom stereocenters. The molecule has 0 spiro atoms. The summed E-state index contributed by atoms with van der Waals surface area (Å²) in [5, 5.41) is 0. The minimum absolute atomic E-state index is 0.158. The smallest absolute Gasteiger partial charge is 0.398 e. The van der Waals surface area contributed by atoms with Gasteiger partial charge in [-0.15, -0.1) is 0 Å². The van der Waals surface area contributed by atoms with E-state index in [9.17, 15) is 13.2 Å². The molecule has 0 unspecified atom stereocenters. The van der Waals surface area contributed by atoms with Crippen molar-refractivity contribution in [3.63, 3.8) is 0 Å². The fraction of sp³-hybridized carbons (Fsp3) is 0.389. The van der Waals surface area contributed by atoms with Crippen LogP contribution in [-0.4, -0.2) is 27.9 Å². The van der Waals surface area contributed by atoms with Crippen LogP contribution in [0.15, 0.2) is 36.4 Å². The van der Waals surface area contributed by atoms with Crippen molar-refractivity contribution in [3.05, 3.63) is 59.3 Å². The highest BCUT2D eigenvalue weighted by atomic mass is 19.1. The van der Waals surface area contributed by atoms with Gasteiger partial charge in [0, 0.05) is 17.8 Å². The zero-order chi connectivity index (χ0) is 19.1. The maximum absolute atomic E-state index is 14.5. The first-order chi connectivity index (χ1) is 12.1. The standard InChI is InChI=1S/C18H20BF3N2O2/c1-17(2)18(3,4)26-19(25-17)16(22)8-14-10-24(11-23-14)9-12-5-6-13(20)7-15(12)21/h5-8,10-11H,9H2,1-4H3. The first kappa shape index (κ1) is 18.7. The Balaban J connectivity index is 1.73. The lowest BCUT2D eigenvalue weighted by Crippen LogP contribution is -2.41. The topological polar surface area (TPSA) is 36.3 Å². The van der Waals surface area contributed by atoms with Gasteiger partial charge in [-0.05, 0) is 39.8 Å². The van der Waals surface area contributed by atoms with Crippen LogP contribution in [0.4, 0.5) is 13.2 Å². The molecule has 0 saturated carbocycles. The monoisotopic (exact) mass is 364 g/mol. The number of halogens is 3. The molecular formula is C18H20BF3N2O2. The van der Waals surface area contributed by atoms with Crippen molar-refractivity contribution < 1.29 is 22.5 Å². The number of hydrogen-bond donors (Lipinski definition) is 0. The van der Waals surface area contributed by atoms with E-state index in [0.717, 1.165) is 6.07 Å². The Morgan fingerprint density at radius 1 is 1.19 bits per heavy atom. The van der Waals surface area contributed by atoms with Gasteiger partial charge in [-0.3, -0.25) is 0 Å². The molecule has 26 heavy (non-hydrogen) atoms. The van der Waals surface area contributed by atoms with Crippen molar-refractivity contribution in [2.24, 2.45) is 0 Å². The summed E-state index contributed by atoms with van der Waals surface area (Å²) in [5.41, 5.74) is -1.21. The Morgan fingerprint density at radius 3 is 2.46 bits per heavy atom. The van der Waals surface area contributed by atoms with Gasteiger partial charge in [0.15, 0.2) is 0 Å². The van der Waals surface area contributed by atoms with Crippen LogP contribution in [0.3, 0.4) is 0 Å². The van der Waals surface area contributed by atoms with Gasteiger partial charge < -0.3 is 13.9 Å². The Labute approximate surface area is 150 Å². The zero-order valence-corrected chi connectivity index (χ0v) is 15.1. The molecule has 1 fully saturated rings. The van der Waals surface area contributed by atoms with Crippen LogP contribution in [0.1, 0.15) is 39.0 Å². The molecular weight excluding hydrogens is 344 g/mol. The highest BCUT2D eigenvalue weighted by molar-refractivity contribution is 6.54. The molecule has 3 rings (SSSR count). The third-order valence-electron chi connectivity index (χ3n) is 4.79. The molecule has 2 aromatic rings. The van der Waals surface area contributed by atoms with Crippen LogP contribution >= 0.6 is 0 Å². The molecule has 0 bridgehead atoms. The molecule has 4 nitrogen and oxygen atoms in total. The average molecular weight is 364 g/mol. The molecule has 1 aromatic carbocycles. The average Bonchev–Trinajstić information content (AvgIpc) is 3.04. The first-order valence-electron chi connectivity index (χ1n) is 8.26. The lowest BCUT2D eigenvalue weighted by molar-refractivity contribution is 0.00578. The van der Waals surface area contributed by atoms with Gasteiger partial charge in [-0.1, -0.05) is 6.07 Å². The largest absolute Gasteiger partial charge is 0.525 e. The summed E-state index contributed by atoms with van der Waals surface area (Å²) in [4.78, 5) is 4.08.